The number of carboxylic acids is 1. The minimum Gasteiger partial charge on any atom is -0.481 e. The van der Waals surface area contributed by atoms with Crippen LogP contribution in [0, 0.1) is 5.92 Å². The van der Waals surface area contributed by atoms with Crippen molar-refractivity contribution < 1.29 is 19.5 Å². The first-order chi connectivity index (χ1) is 11.4. The van der Waals surface area contributed by atoms with Gasteiger partial charge < -0.3 is 15.3 Å². The number of aryl methyl sites for hydroxylation is 1. The van der Waals surface area contributed by atoms with Crippen molar-refractivity contribution in [1.82, 2.24) is 10.2 Å². The molecule has 0 aromatic heterocycles. The summed E-state index contributed by atoms with van der Waals surface area (Å²) in [6, 6.07) is 7.28. The SMILES string of the molecule is CNC(=O)c1cccc(CCC(=O)N2CC(C(=O)O)CCC2C)c1. The van der Waals surface area contributed by atoms with E-state index in [-0.39, 0.29) is 24.4 Å². The molecule has 2 amide bonds. The van der Waals surface area contributed by atoms with Crippen LogP contribution in [-0.2, 0) is 16.0 Å². The van der Waals surface area contributed by atoms with Crippen molar-refractivity contribution in [2.75, 3.05) is 13.6 Å². The van der Waals surface area contributed by atoms with Gasteiger partial charge in [-0.15, -0.1) is 0 Å². The van der Waals surface area contributed by atoms with E-state index in [4.69, 9.17) is 5.11 Å². The average molecular weight is 332 g/mol. The van der Waals surface area contributed by atoms with Crippen LogP contribution in [0.4, 0.5) is 0 Å². The van der Waals surface area contributed by atoms with Crippen LogP contribution in [0.5, 0.6) is 0 Å². The molecule has 1 heterocycles. The Morgan fingerprint density at radius 2 is 2.04 bits per heavy atom. The van der Waals surface area contributed by atoms with Gasteiger partial charge in [0.05, 0.1) is 5.92 Å². The molecule has 130 valence electrons. The van der Waals surface area contributed by atoms with Crippen molar-refractivity contribution in [2.45, 2.75) is 38.6 Å². The molecule has 0 radical (unpaired) electrons. The van der Waals surface area contributed by atoms with E-state index < -0.39 is 11.9 Å². The molecule has 0 aliphatic carbocycles. The fourth-order valence-electron chi connectivity index (χ4n) is 3.06. The molecule has 1 aliphatic rings. The van der Waals surface area contributed by atoms with Crippen LogP contribution in [0.2, 0.25) is 0 Å². The van der Waals surface area contributed by atoms with Crippen molar-refractivity contribution >= 4 is 17.8 Å². The van der Waals surface area contributed by atoms with Crippen LogP contribution in [0.3, 0.4) is 0 Å². The summed E-state index contributed by atoms with van der Waals surface area (Å²) < 4.78 is 0. The Bertz CT molecular complexity index is 629. The van der Waals surface area contributed by atoms with E-state index in [0.29, 0.717) is 24.8 Å². The van der Waals surface area contributed by atoms with E-state index in [1.54, 1.807) is 30.1 Å². The summed E-state index contributed by atoms with van der Waals surface area (Å²) in [4.78, 5) is 37.0. The van der Waals surface area contributed by atoms with Gasteiger partial charge in [-0.25, -0.2) is 0 Å². The van der Waals surface area contributed by atoms with E-state index in [9.17, 15) is 14.4 Å². The molecule has 1 saturated heterocycles. The highest BCUT2D eigenvalue weighted by Gasteiger charge is 2.32. The lowest BCUT2D eigenvalue weighted by Gasteiger charge is -2.36. The maximum absolute atomic E-state index is 12.5. The van der Waals surface area contributed by atoms with Crippen LogP contribution in [0.15, 0.2) is 24.3 Å². The van der Waals surface area contributed by atoms with E-state index in [1.165, 1.54) is 0 Å². The standard InChI is InChI=1S/C18H24N2O4/c1-12-6-8-15(18(23)24)11-20(12)16(21)9-7-13-4-3-5-14(10-13)17(22)19-2/h3-5,10,12,15H,6-9,11H2,1-2H3,(H,19,22)(H,23,24). The van der Waals surface area contributed by atoms with Gasteiger partial charge in [0.25, 0.3) is 5.91 Å². The van der Waals surface area contributed by atoms with Gasteiger partial charge in [-0.2, -0.15) is 0 Å². The molecular formula is C18H24N2O4. The number of hydrogen-bond acceptors (Lipinski definition) is 3. The molecule has 0 saturated carbocycles. The van der Waals surface area contributed by atoms with E-state index in [1.807, 2.05) is 13.0 Å². The van der Waals surface area contributed by atoms with E-state index in [2.05, 4.69) is 5.32 Å². The number of carbonyl (C=O) groups is 3. The molecule has 6 heteroatoms. The number of hydrogen-bond donors (Lipinski definition) is 2. The van der Waals surface area contributed by atoms with Crippen molar-refractivity contribution in [1.29, 1.82) is 0 Å². The number of carbonyl (C=O) groups excluding carboxylic acids is 2. The number of nitrogens with zero attached hydrogens (tertiary/aromatic N) is 1. The molecule has 0 spiro atoms. The van der Waals surface area contributed by atoms with Crippen molar-refractivity contribution in [2.24, 2.45) is 5.92 Å². The van der Waals surface area contributed by atoms with Gasteiger partial charge in [-0.1, -0.05) is 12.1 Å². The number of likely N-dealkylation sites (tertiary alicyclic amines) is 1. The highest BCUT2D eigenvalue weighted by Crippen LogP contribution is 2.23. The molecule has 0 bridgehead atoms. The molecular weight excluding hydrogens is 308 g/mol. The fourth-order valence-corrected chi connectivity index (χ4v) is 3.06. The van der Waals surface area contributed by atoms with Gasteiger partial charge >= 0.3 is 5.97 Å². The van der Waals surface area contributed by atoms with E-state index in [0.717, 1.165) is 12.0 Å². The molecule has 1 aromatic carbocycles. The van der Waals surface area contributed by atoms with Gasteiger partial charge in [-0.05, 0) is 43.9 Å². The summed E-state index contributed by atoms with van der Waals surface area (Å²) in [6.45, 7) is 2.25. The molecule has 2 rings (SSSR count). The third kappa shape index (κ3) is 4.34. The summed E-state index contributed by atoms with van der Waals surface area (Å²) in [5, 5.41) is 11.7. The van der Waals surface area contributed by atoms with Crippen molar-refractivity contribution in [3.8, 4) is 0 Å². The Kier molecular flexibility index (Phi) is 5.95. The molecule has 1 aromatic rings. The molecule has 2 N–H and O–H groups in total. The smallest absolute Gasteiger partial charge is 0.308 e. The van der Waals surface area contributed by atoms with Gasteiger partial charge in [-0.3, -0.25) is 14.4 Å². The van der Waals surface area contributed by atoms with E-state index >= 15 is 0 Å². The Hall–Kier alpha value is -2.37. The Morgan fingerprint density at radius 3 is 2.71 bits per heavy atom. The van der Waals surface area contributed by atoms with Crippen LogP contribution >= 0.6 is 0 Å². The Labute approximate surface area is 141 Å². The summed E-state index contributed by atoms with van der Waals surface area (Å²) in [5.74, 6) is -1.49. The molecule has 2 atom stereocenters. The number of carboxylic acid groups (broad SMARTS) is 1. The van der Waals surface area contributed by atoms with Gasteiger partial charge in [0.1, 0.15) is 0 Å². The van der Waals surface area contributed by atoms with Crippen molar-refractivity contribution in [3.05, 3.63) is 35.4 Å². The number of piperidine rings is 1. The monoisotopic (exact) mass is 332 g/mol. The highest BCUT2D eigenvalue weighted by molar-refractivity contribution is 5.94. The summed E-state index contributed by atoms with van der Waals surface area (Å²) >= 11 is 0. The number of benzene rings is 1. The minimum absolute atomic E-state index is 0.0289. The molecule has 1 fully saturated rings. The zero-order valence-electron chi connectivity index (χ0n) is 14.1. The lowest BCUT2D eigenvalue weighted by Crippen LogP contribution is -2.47. The fraction of sp³-hybridized carbons (Fsp3) is 0.500. The second-order valence-electron chi connectivity index (χ2n) is 6.29. The van der Waals surface area contributed by atoms with Gasteiger partial charge in [0.2, 0.25) is 5.91 Å². The maximum atomic E-state index is 12.5. The molecule has 6 nitrogen and oxygen atoms in total. The van der Waals surface area contributed by atoms with Crippen LogP contribution in [-0.4, -0.2) is 47.4 Å². The lowest BCUT2D eigenvalue weighted by atomic mass is 9.93. The first kappa shape index (κ1) is 18.0. The highest BCUT2D eigenvalue weighted by atomic mass is 16.4. The van der Waals surface area contributed by atoms with Crippen LogP contribution in [0.25, 0.3) is 0 Å². The van der Waals surface area contributed by atoms with Crippen LogP contribution < -0.4 is 5.32 Å². The maximum Gasteiger partial charge on any atom is 0.308 e. The first-order valence-electron chi connectivity index (χ1n) is 8.25. The summed E-state index contributed by atoms with van der Waals surface area (Å²) in [7, 11) is 1.58. The lowest BCUT2D eigenvalue weighted by molar-refractivity contribution is -0.147. The number of amides is 2. The normalized spacial score (nSPS) is 20.5. The second-order valence-corrected chi connectivity index (χ2v) is 6.29. The number of rotatable bonds is 5. The topological polar surface area (TPSA) is 86.7 Å². The Balaban J connectivity index is 1.97. The third-order valence-electron chi connectivity index (χ3n) is 4.60. The first-order valence-corrected chi connectivity index (χ1v) is 8.25. The summed E-state index contributed by atoms with van der Waals surface area (Å²) in [5.41, 5.74) is 1.49. The number of nitrogens with one attached hydrogen (secondary N) is 1. The second kappa shape index (κ2) is 7.95. The summed E-state index contributed by atoms with van der Waals surface area (Å²) in [6.07, 6.45) is 2.18. The largest absolute Gasteiger partial charge is 0.481 e. The predicted molar refractivity (Wildman–Crippen MR) is 89.7 cm³/mol. The Morgan fingerprint density at radius 1 is 1.29 bits per heavy atom. The van der Waals surface area contributed by atoms with Crippen LogP contribution in [0.1, 0.15) is 42.1 Å². The zero-order valence-corrected chi connectivity index (χ0v) is 14.1. The van der Waals surface area contributed by atoms with Gasteiger partial charge in [0.15, 0.2) is 0 Å². The molecule has 2 unspecified atom stereocenters. The minimum atomic E-state index is -0.835. The van der Waals surface area contributed by atoms with Gasteiger partial charge in [0, 0.05) is 31.6 Å². The predicted octanol–water partition coefficient (Wildman–Crippen LogP) is 1.69. The quantitative estimate of drug-likeness (QED) is 0.859. The molecule has 1 aliphatic heterocycles. The molecule has 24 heavy (non-hydrogen) atoms. The number of aliphatic carboxylic acids is 1. The van der Waals surface area contributed by atoms with Crippen molar-refractivity contribution in [3.63, 3.8) is 0 Å². The zero-order chi connectivity index (χ0) is 17.7. The average Bonchev–Trinajstić information content (AvgIpc) is 2.59. The third-order valence-corrected chi connectivity index (χ3v) is 4.60.